The van der Waals surface area contributed by atoms with Crippen molar-refractivity contribution in [3.05, 3.63) is 5.82 Å². The fourth-order valence-corrected chi connectivity index (χ4v) is 2.58. The molecule has 1 N–H and O–H groups in total. The zero-order valence-corrected chi connectivity index (χ0v) is 10.2. The predicted octanol–water partition coefficient (Wildman–Crippen LogP) is 1.27. The molecule has 1 fully saturated rings. The molecule has 0 amide bonds. The lowest BCUT2D eigenvalue weighted by Crippen LogP contribution is -2.38. The number of nitrogens with one attached hydrogen (secondary N) is 1. The second-order valence-corrected chi connectivity index (χ2v) is 4.64. The summed E-state index contributed by atoms with van der Waals surface area (Å²) >= 11 is 0. The summed E-state index contributed by atoms with van der Waals surface area (Å²) in [6.07, 6.45) is 6.66. The molecular weight excluding hydrogens is 202 g/mol. The van der Waals surface area contributed by atoms with Gasteiger partial charge in [0, 0.05) is 6.04 Å². The average Bonchev–Trinajstić information content (AvgIpc) is 2.73. The summed E-state index contributed by atoms with van der Waals surface area (Å²) in [7, 11) is 1.80. The van der Waals surface area contributed by atoms with Crippen LogP contribution in [0.2, 0.25) is 0 Å². The van der Waals surface area contributed by atoms with E-state index >= 15 is 0 Å². The third-order valence-corrected chi connectivity index (χ3v) is 3.51. The Bertz CT molecular complexity index is 322. The van der Waals surface area contributed by atoms with Crippen LogP contribution in [0.4, 0.5) is 0 Å². The molecular formula is C11H21N5. The fourth-order valence-electron chi connectivity index (χ4n) is 2.58. The molecule has 0 bridgehead atoms. The lowest BCUT2D eigenvalue weighted by molar-refractivity contribution is 0.253. The van der Waals surface area contributed by atoms with Crippen molar-refractivity contribution in [3.63, 3.8) is 0 Å². The molecule has 1 aliphatic carbocycles. The van der Waals surface area contributed by atoms with Crippen molar-refractivity contribution in [2.75, 3.05) is 0 Å². The molecule has 0 spiro atoms. The maximum Gasteiger partial charge on any atom is 0.188 e. The molecule has 2 atom stereocenters. The second kappa shape index (κ2) is 5.39. The van der Waals surface area contributed by atoms with E-state index in [2.05, 4.69) is 27.7 Å². The SMILES string of the molecule is CCC1CCCCC1NCc1nnn(C)n1. The molecule has 5 heteroatoms. The first-order valence-corrected chi connectivity index (χ1v) is 6.26. The molecule has 2 rings (SSSR count). The third-order valence-electron chi connectivity index (χ3n) is 3.51. The third kappa shape index (κ3) is 2.78. The van der Waals surface area contributed by atoms with Gasteiger partial charge in [0.25, 0.3) is 0 Å². The lowest BCUT2D eigenvalue weighted by Gasteiger charge is -2.31. The molecule has 16 heavy (non-hydrogen) atoms. The maximum atomic E-state index is 4.18. The minimum absolute atomic E-state index is 0.641. The summed E-state index contributed by atoms with van der Waals surface area (Å²) in [6.45, 7) is 3.03. The molecule has 90 valence electrons. The van der Waals surface area contributed by atoms with E-state index in [9.17, 15) is 0 Å². The Hall–Kier alpha value is -0.970. The van der Waals surface area contributed by atoms with Gasteiger partial charge in [-0.1, -0.05) is 26.2 Å². The Labute approximate surface area is 96.6 Å². The monoisotopic (exact) mass is 223 g/mol. The minimum atomic E-state index is 0.641. The maximum absolute atomic E-state index is 4.18. The Morgan fingerprint density at radius 2 is 2.19 bits per heavy atom. The van der Waals surface area contributed by atoms with Gasteiger partial charge in [0.15, 0.2) is 5.82 Å². The lowest BCUT2D eigenvalue weighted by atomic mass is 9.83. The topological polar surface area (TPSA) is 55.6 Å². The van der Waals surface area contributed by atoms with Gasteiger partial charge in [0.1, 0.15) is 0 Å². The number of hydrogen-bond donors (Lipinski definition) is 1. The van der Waals surface area contributed by atoms with Gasteiger partial charge in [-0.15, -0.1) is 10.2 Å². The molecule has 1 aromatic rings. The fraction of sp³-hybridized carbons (Fsp3) is 0.909. The van der Waals surface area contributed by atoms with E-state index in [4.69, 9.17) is 0 Å². The van der Waals surface area contributed by atoms with Gasteiger partial charge in [-0.2, -0.15) is 4.80 Å². The van der Waals surface area contributed by atoms with Crippen LogP contribution in [0.5, 0.6) is 0 Å². The number of nitrogens with zero attached hydrogens (tertiary/aromatic N) is 4. The van der Waals surface area contributed by atoms with Crippen molar-refractivity contribution in [1.29, 1.82) is 0 Å². The number of aromatic nitrogens is 4. The summed E-state index contributed by atoms with van der Waals surface area (Å²) in [4.78, 5) is 1.51. The van der Waals surface area contributed by atoms with E-state index in [1.54, 1.807) is 7.05 Å². The van der Waals surface area contributed by atoms with Crippen LogP contribution in [0.25, 0.3) is 0 Å². The zero-order valence-electron chi connectivity index (χ0n) is 10.2. The Kier molecular flexibility index (Phi) is 3.88. The van der Waals surface area contributed by atoms with E-state index in [1.807, 2.05) is 0 Å². The largest absolute Gasteiger partial charge is 0.307 e. The summed E-state index contributed by atoms with van der Waals surface area (Å²) in [5.74, 6) is 1.62. The highest BCUT2D eigenvalue weighted by molar-refractivity contribution is 4.83. The van der Waals surface area contributed by atoms with Crippen molar-refractivity contribution in [2.45, 2.75) is 51.6 Å². The van der Waals surface area contributed by atoms with Crippen molar-refractivity contribution in [3.8, 4) is 0 Å². The first-order valence-electron chi connectivity index (χ1n) is 6.26. The first kappa shape index (κ1) is 11.5. The molecule has 1 heterocycles. The van der Waals surface area contributed by atoms with E-state index < -0.39 is 0 Å². The van der Waals surface area contributed by atoms with Crippen molar-refractivity contribution in [1.82, 2.24) is 25.5 Å². The number of rotatable bonds is 4. The second-order valence-electron chi connectivity index (χ2n) is 4.64. The van der Waals surface area contributed by atoms with Gasteiger partial charge in [-0.25, -0.2) is 0 Å². The van der Waals surface area contributed by atoms with Crippen LogP contribution in [-0.4, -0.2) is 26.2 Å². The van der Waals surface area contributed by atoms with Crippen molar-refractivity contribution >= 4 is 0 Å². The zero-order chi connectivity index (χ0) is 11.4. The van der Waals surface area contributed by atoms with Crippen LogP contribution in [0.15, 0.2) is 0 Å². The van der Waals surface area contributed by atoms with E-state index in [0.717, 1.165) is 18.3 Å². The van der Waals surface area contributed by atoms with Gasteiger partial charge >= 0.3 is 0 Å². The Morgan fingerprint density at radius 1 is 1.38 bits per heavy atom. The van der Waals surface area contributed by atoms with E-state index in [-0.39, 0.29) is 0 Å². The molecule has 0 aliphatic heterocycles. The predicted molar refractivity (Wildman–Crippen MR) is 61.7 cm³/mol. The first-order chi connectivity index (χ1) is 7.79. The Balaban J connectivity index is 1.84. The van der Waals surface area contributed by atoms with Gasteiger partial charge in [-0.05, 0) is 24.0 Å². The normalized spacial score (nSPS) is 25.9. The number of aryl methyl sites for hydroxylation is 1. The molecule has 1 saturated carbocycles. The number of tetrazole rings is 1. The van der Waals surface area contributed by atoms with Crippen molar-refractivity contribution < 1.29 is 0 Å². The van der Waals surface area contributed by atoms with Crippen LogP contribution < -0.4 is 5.32 Å². The summed E-state index contributed by atoms with van der Waals surface area (Å²) in [5, 5.41) is 15.6. The van der Waals surface area contributed by atoms with Crippen LogP contribution >= 0.6 is 0 Å². The Morgan fingerprint density at radius 3 is 2.88 bits per heavy atom. The molecule has 1 aromatic heterocycles. The molecule has 5 nitrogen and oxygen atoms in total. The standard InChI is InChI=1S/C11H21N5/c1-3-9-6-4-5-7-10(9)12-8-11-13-15-16(2)14-11/h9-10,12H,3-8H2,1-2H3. The molecule has 0 aromatic carbocycles. The average molecular weight is 223 g/mol. The van der Waals surface area contributed by atoms with Crippen LogP contribution in [0, 0.1) is 5.92 Å². The molecule has 1 aliphatic rings. The molecule has 0 saturated heterocycles. The quantitative estimate of drug-likeness (QED) is 0.835. The van der Waals surface area contributed by atoms with Gasteiger partial charge < -0.3 is 5.32 Å². The van der Waals surface area contributed by atoms with Crippen LogP contribution in [0.3, 0.4) is 0 Å². The molecule has 0 radical (unpaired) electrons. The number of hydrogen-bond acceptors (Lipinski definition) is 4. The smallest absolute Gasteiger partial charge is 0.188 e. The minimum Gasteiger partial charge on any atom is -0.307 e. The molecule has 2 unspecified atom stereocenters. The summed E-state index contributed by atoms with van der Waals surface area (Å²) in [5.41, 5.74) is 0. The highest BCUT2D eigenvalue weighted by Gasteiger charge is 2.23. The summed E-state index contributed by atoms with van der Waals surface area (Å²) in [6, 6.07) is 0.641. The van der Waals surface area contributed by atoms with Crippen LogP contribution in [-0.2, 0) is 13.6 Å². The highest BCUT2D eigenvalue weighted by atomic mass is 15.6. The highest BCUT2D eigenvalue weighted by Crippen LogP contribution is 2.26. The summed E-state index contributed by atoms with van der Waals surface area (Å²) < 4.78 is 0. The van der Waals surface area contributed by atoms with E-state index in [1.165, 1.54) is 36.9 Å². The van der Waals surface area contributed by atoms with Crippen molar-refractivity contribution in [2.24, 2.45) is 13.0 Å². The van der Waals surface area contributed by atoms with Gasteiger partial charge in [0.05, 0.1) is 13.6 Å². The van der Waals surface area contributed by atoms with Gasteiger partial charge in [0.2, 0.25) is 0 Å². The van der Waals surface area contributed by atoms with Gasteiger partial charge in [-0.3, -0.25) is 0 Å². The van der Waals surface area contributed by atoms with E-state index in [0.29, 0.717) is 6.04 Å². The van der Waals surface area contributed by atoms with Crippen LogP contribution in [0.1, 0.15) is 44.9 Å².